The highest BCUT2D eigenvalue weighted by molar-refractivity contribution is 5.87. The van der Waals surface area contributed by atoms with Gasteiger partial charge in [0.1, 0.15) is 5.75 Å². The second-order valence-electron chi connectivity index (χ2n) is 4.99. The number of benzene rings is 1. The maximum absolute atomic E-state index is 10.4. The predicted octanol–water partition coefficient (Wildman–Crippen LogP) is 2.43. The lowest BCUT2D eigenvalue weighted by Crippen LogP contribution is -2.12. The first-order chi connectivity index (χ1) is 7.71. The Labute approximate surface area is 101 Å². The van der Waals surface area contributed by atoms with Gasteiger partial charge in [-0.25, -0.2) is 4.79 Å². The third-order valence-electron chi connectivity index (χ3n) is 2.42. The zero-order chi connectivity index (χ0) is 13.2. The van der Waals surface area contributed by atoms with Crippen LogP contribution >= 0.6 is 0 Å². The SMILES string of the molecule is Cc1cc(C#CC(=O)O)cc(C(C)(C)C)c1O. The van der Waals surface area contributed by atoms with Crippen molar-refractivity contribution < 1.29 is 15.0 Å². The number of phenolic OH excluding ortho intramolecular Hbond substituents is 1. The molecule has 0 heterocycles. The minimum Gasteiger partial charge on any atom is -0.507 e. The lowest BCUT2D eigenvalue weighted by molar-refractivity contribution is -0.130. The van der Waals surface area contributed by atoms with Gasteiger partial charge in [0.2, 0.25) is 0 Å². The number of hydrogen-bond acceptors (Lipinski definition) is 2. The van der Waals surface area contributed by atoms with Crippen molar-refractivity contribution >= 4 is 5.97 Å². The lowest BCUT2D eigenvalue weighted by Gasteiger charge is -2.21. The molecule has 0 saturated carbocycles. The van der Waals surface area contributed by atoms with Crippen LogP contribution in [0.1, 0.15) is 37.5 Å². The molecule has 1 aromatic rings. The fourth-order valence-corrected chi connectivity index (χ4v) is 1.55. The van der Waals surface area contributed by atoms with E-state index in [9.17, 15) is 9.90 Å². The van der Waals surface area contributed by atoms with Gasteiger partial charge >= 0.3 is 5.97 Å². The number of rotatable bonds is 0. The predicted molar refractivity (Wildman–Crippen MR) is 66.1 cm³/mol. The molecule has 0 aliphatic carbocycles. The van der Waals surface area contributed by atoms with Gasteiger partial charge in [-0.15, -0.1) is 0 Å². The molecule has 0 saturated heterocycles. The summed E-state index contributed by atoms with van der Waals surface area (Å²) < 4.78 is 0. The van der Waals surface area contributed by atoms with E-state index < -0.39 is 5.97 Å². The van der Waals surface area contributed by atoms with Crippen molar-refractivity contribution in [2.45, 2.75) is 33.1 Å². The van der Waals surface area contributed by atoms with E-state index in [2.05, 4.69) is 11.8 Å². The number of aryl methyl sites for hydroxylation is 1. The second-order valence-corrected chi connectivity index (χ2v) is 4.99. The fraction of sp³-hybridized carbons (Fsp3) is 0.357. The van der Waals surface area contributed by atoms with Crippen LogP contribution in [0.25, 0.3) is 0 Å². The van der Waals surface area contributed by atoms with Crippen LogP contribution in [-0.2, 0) is 10.2 Å². The Bertz CT molecular complexity index is 511. The van der Waals surface area contributed by atoms with Gasteiger partial charge in [0.05, 0.1) is 0 Å². The first-order valence-corrected chi connectivity index (χ1v) is 5.31. The van der Waals surface area contributed by atoms with Gasteiger partial charge in [0, 0.05) is 17.0 Å². The Hall–Kier alpha value is -1.95. The quantitative estimate of drug-likeness (QED) is 0.675. The lowest BCUT2D eigenvalue weighted by atomic mass is 9.84. The van der Waals surface area contributed by atoms with Gasteiger partial charge in [-0.2, -0.15) is 0 Å². The molecule has 0 bridgehead atoms. The number of carbonyl (C=O) groups is 1. The Kier molecular flexibility index (Phi) is 3.47. The summed E-state index contributed by atoms with van der Waals surface area (Å²) >= 11 is 0. The first-order valence-electron chi connectivity index (χ1n) is 5.31. The van der Waals surface area contributed by atoms with Crippen LogP contribution < -0.4 is 0 Å². The summed E-state index contributed by atoms with van der Waals surface area (Å²) in [4.78, 5) is 10.4. The van der Waals surface area contributed by atoms with E-state index in [0.29, 0.717) is 11.1 Å². The van der Waals surface area contributed by atoms with Gasteiger partial charge in [-0.05, 0) is 30.0 Å². The molecule has 3 nitrogen and oxygen atoms in total. The van der Waals surface area contributed by atoms with E-state index in [1.54, 1.807) is 19.1 Å². The third-order valence-corrected chi connectivity index (χ3v) is 2.42. The number of carboxylic acid groups (broad SMARTS) is 1. The molecule has 17 heavy (non-hydrogen) atoms. The summed E-state index contributed by atoms with van der Waals surface area (Å²) in [6.07, 6.45) is 0. The van der Waals surface area contributed by atoms with Gasteiger partial charge < -0.3 is 10.2 Å². The van der Waals surface area contributed by atoms with Crippen LogP contribution in [0.15, 0.2) is 12.1 Å². The van der Waals surface area contributed by atoms with Crippen LogP contribution in [0.3, 0.4) is 0 Å². The Morgan fingerprint density at radius 2 is 1.88 bits per heavy atom. The molecule has 0 aliphatic rings. The van der Waals surface area contributed by atoms with Gasteiger partial charge in [-0.3, -0.25) is 0 Å². The Balaban J connectivity index is 3.36. The average molecular weight is 232 g/mol. The molecule has 0 aromatic heterocycles. The minimum absolute atomic E-state index is 0.213. The van der Waals surface area contributed by atoms with E-state index in [1.165, 1.54) is 0 Å². The van der Waals surface area contributed by atoms with E-state index in [1.807, 2.05) is 20.8 Å². The van der Waals surface area contributed by atoms with Crippen LogP contribution in [0, 0.1) is 18.8 Å². The summed E-state index contributed by atoms with van der Waals surface area (Å²) in [5, 5.41) is 18.5. The van der Waals surface area contributed by atoms with Gasteiger partial charge in [-0.1, -0.05) is 26.7 Å². The van der Waals surface area contributed by atoms with E-state index >= 15 is 0 Å². The molecule has 0 spiro atoms. The molecule has 3 heteroatoms. The maximum Gasteiger partial charge on any atom is 0.382 e. The zero-order valence-corrected chi connectivity index (χ0v) is 10.5. The summed E-state index contributed by atoms with van der Waals surface area (Å²) in [6, 6.07) is 3.42. The Morgan fingerprint density at radius 1 is 1.29 bits per heavy atom. The normalized spacial score (nSPS) is 10.6. The van der Waals surface area contributed by atoms with E-state index in [0.717, 1.165) is 5.56 Å². The van der Waals surface area contributed by atoms with Crippen molar-refractivity contribution in [1.29, 1.82) is 0 Å². The molecule has 0 unspecified atom stereocenters. The highest BCUT2D eigenvalue weighted by atomic mass is 16.4. The minimum atomic E-state index is -1.16. The van der Waals surface area contributed by atoms with Gasteiger partial charge in [0.25, 0.3) is 0 Å². The average Bonchev–Trinajstić information content (AvgIpc) is 2.17. The third kappa shape index (κ3) is 3.25. The number of phenols is 1. The topological polar surface area (TPSA) is 57.5 Å². The zero-order valence-electron chi connectivity index (χ0n) is 10.5. The monoisotopic (exact) mass is 232 g/mol. The van der Waals surface area contributed by atoms with E-state index in [-0.39, 0.29) is 11.2 Å². The standard InChI is InChI=1S/C14H16O3/c1-9-7-10(5-6-12(15)16)8-11(13(9)17)14(2,3)4/h7-8,17H,1-4H3,(H,15,16). The molecule has 1 aromatic carbocycles. The largest absolute Gasteiger partial charge is 0.507 e. The van der Waals surface area contributed by atoms with Crippen molar-refractivity contribution in [2.75, 3.05) is 0 Å². The molecule has 0 atom stereocenters. The maximum atomic E-state index is 10.4. The highest BCUT2D eigenvalue weighted by Crippen LogP contribution is 2.33. The fourth-order valence-electron chi connectivity index (χ4n) is 1.55. The van der Waals surface area contributed by atoms with Crippen molar-refractivity contribution in [2.24, 2.45) is 0 Å². The van der Waals surface area contributed by atoms with Gasteiger partial charge in [0.15, 0.2) is 0 Å². The van der Waals surface area contributed by atoms with E-state index in [4.69, 9.17) is 5.11 Å². The molecule has 0 aliphatic heterocycles. The number of aromatic hydroxyl groups is 1. The molecule has 90 valence electrons. The summed E-state index contributed by atoms with van der Waals surface area (Å²) in [5.41, 5.74) is 1.86. The number of aliphatic carboxylic acids is 1. The van der Waals surface area contributed by atoms with Crippen LogP contribution in [0.5, 0.6) is 5.75 Å². The second kappa shape index (κ2) is 4.50. The summed E-state index contributed by atoms with van der Waals surface area (Å²) in [6.45, 7) is 7.72. The first kappa shape index (κ1) is 13.1. The molecule has 0 fully saturated rings. The molecule has 0 amide bonds. The highest BCUT2D eigenvalue weighted by Gasteiger charge is 2.19. The number of carboxylic acids is 1. The smallest absolute Gasteiger partial charge is 0.382 e. The molecular formula is C14H16O3. The van der Waals surface area contributed by atoms with Crippen molar-refractivity contribution in [3.63, 3.8) is 0 Å². The van der Waals surface area contributed by atoms with Crippen LogP contribution in [0.2, 0.25) is 0 Å². The summed E-state index contributed by atoms with van der Waals surface area (Å²) in [7, 11) is 0. The van der Waals surface area contributed by atoms with Crippen LogP contribution in [0.4, 0.5) is 0 Å². The van der Waals surface area contributed by atoms with Crippen molar-refractivity contribution in [3.8, 4) is 17.6 Å². The summed E-state index contributed by atoms with van der Waals surface area (Å²) in [5.74, 6) is 3.73. The molecule has 0 radical (unpaired) electrons. The number of hydrogen-bond donors (Lipinski definition) is 2. The van der Waals surface area contributed by atoms with Crippen LogP contribution in [-0.4, -0.2) is 16.2 Å². The van der Waals surface area contributed by atoms with Crippen molar-refractivity contribution in [1.82, 2.24) is 0 Å². The molecule has 1 rings (SSSR count). The molecule has 2 N–H and O–H groups in total. The Morgan fingerprint density at radius 3 is 2.35 bits per heavy atom. The molecular weight excluding hydrogens is 216 g/mol. The van der Waals surface area contributed by atoms with Crippen molar-refractivity contribution in [3.05, 3.63) is 28.8 Å².